The lowest BCUT2D eigenvalue weighted by Gasteiger charge is -2.10. The first kappa shape index (κ1) is 17.6. The van der Waals surface area contributed by atoms with Gasteiger partial charge in [-0.05, 0) is 30.3 Å². The van der Waals surface area contributed by atoms with Crippen molar-refractivity contribution in [2.75, 3.05) is 12.4 Å². The lowest BCUT2D eigenvalue weighted by atomic mass is 10.3. The van der Waals surface area contributed by atoms with Crippen molar-refractivity contribution < 1.29 is 22.2 Å². The molecule has 2 aromatic rings. The van der Waals surface area contributed by atoms with E-state index in [2.05, 4.69) is 5.32 Å². The van der Waals surface area contributed by atoms with Crippen molar-refractivity contribution in [2.24, 2.45) is 5.14 Å². The van der Waals surface area contributed by atoms with Crippen LogP contribution in [-0.2, 0) is 25.6 Å². The molecule has 1 amide bonds. The third-order valence-electron chi connectivity index (χ3n) is 2.72. The highest BCUT2D eigenvalue weighted by Gasteiger charge is 2.17. The van der Waals surface area contributed by atoms with Crippen molar-refractivity contribution in [3.05, 3.63) is 30.3 Å². The smallest absolute Gasteiger partial charge is 0.247 e. The van der Waals surface area contributed by atoms with E-state index in [1.54, 1.807) is 12.1 Å². The molecule has 23 heavy (non-hydrogen) atoms. The monoisotopic (exact) mass is 374 g/mol. The maximum Gasteiger partial charge on any atom is 0.247 e. The van der Waals surface area contributed by atoms with Crippen molar-refractivity contribution in [1.29, 1.82) is 0 Å². The lowest BCUT2D eigenvalue weighted by molar-refractivity contribution is -0.114. The normalized spacial score (nSPS) is 12.7. The Balaban J connectivity index is 2.39. The molecule has 1 heterocycles. The molecule has 0 bridgehead atoms. The average molecular weight is 374 g/mol. The van der Waals surface area contributed by atoms with Crippen LogP contribution < -0.4 is 15.2 Å². The number of primary sulfonamides is 1. The van der Waals surface area contributed by atoms with Gasteiger partial charge in [-0.2, -0.15) is 0 Å². The Morgan fingerprint density at radius 1 is 1.30 bits per heavy atom. The molecule has 0 aliphatic rings. The van der Waals surface area contributed by atoms with Crippen LogP contribution >= 0.6 is 11.3 Å². The minimum Gasteiger partial charge on any atom is -0.495 e. The number of hydrogen-bond acceptors (Lipinski definition) is 6. The van der Waals surface area contributed by atoms with Crippen molar-refractivity contribution in [2.45, 2.75) is 20.2 Å². The Hall–Kier alpha value is -1.75. The van der Waals surface area contributed by atoms with Gasteiger partial charge in [0.2, 0.25) is 15.9 Å². The second-order valence-corrected chi connectivity index (χ2v) is 9.01. The highest BCUT2D eigenvalue weighted by Crippen LogP contribution is 2.31. The number of carbonyl (C=O) groups is 1. The topological polar surface area (TPSA) is 116 Å². The number of rotatable bonds is 5. The fourth-order valence-corrected chi connectivity index (χ4v) is 5.08. The Kier molecular flexibility index (Phi) is 5.19. The third kappa shape index (κ3) is 4.16. The number of thiophene rings is 1. The summed E-state index contributed by atoms with van der Waals surface area (Å²) in [6.45, 7) is 1.35. The Morgan fingerprint density at radius 2 is 2.00 bits per heavy atom. The first-order valence-corrected chi connectivity index (χ1v) is 9.73. The van der Waals surface area contributed by atoms with Crippen LogP contribution in [0.5, 0.6) is 5.75 Å². The summed E-state index contributed by atoms with van der Waals surface area (Å²) in [5.74, 6) is 0.135. The number of benzene rings is 1. The quantitative estimate of drug-likeness (QED) is 0.823. The molecule has 1 aromatic heterocycles. The second-order valence-electron chi connectivity index (χ2n) is 4.43. The maximum absolute atomic E-state index is 12.6. The number of ether oxygens (including phenoxy) is 1. The number of carbonyl (C=O) groups excluding carboxylic acids is 1. The summed E-state index contributed by atoms with van der Waals surface area (Å²) >= 11 is 0.841. The van der Waals surface area contributed by atoms with Crippen LogP contribution in [0.3, 0.4) is 0 Å². The first-order chi connectivity index (χ1) is 10.7. The molecule has 0 saturated heterocycles. The number of nitrogens with one attached hydrogen (secondary N) is 1. The fourth-order valence-electron chi connectivity index (χ4n) is 1.76. The molecular weight excluding hydrogens is 360 g/mol. The summed E-state index contributed by atoms with van der Waals surface area (Å²) in [6, 6.07) is 7.43. The average Bonchev–Trinajstić information content (AvgIpc) is 2.95. The molecule has 1 aromatic carbocycles. The number of anilines is 1. The van der Waals surface area contributed by atoms with Gasteiger partial charge in [0.05, 0.1) is 27.8 Å². The molecule has 0 fully saturated rings. The molecule has 124 valence electrons. The molecule has 0 aliphatic carbocycles. The van der Waals surface area contributed by atoms with Gasteiger partial charge in [-0.25, -0.2) is 17.8 Å². The highest BCUT2D eigenvalue weighted by molar-refractivity contribution is 7.92. The predicted octanol–water partition coefficient (Wildman–Crippen LogP) is 1.53. The van der Waals surface area contributed by atoms with E-state index < -0.39 is 20.8 Å². The van der Waals surface area contributed by atoms with Crippen LogP contribution in [0.25, 0.3) is 0 Å². The number of amides is 1. The second kappa shape index (κ2) is 6.79. The zero-order valence-corrected chi connectivity index (χ0v) is 14.7. The molecule has 1 atom stereocenters. The van der Waals surface area contributed by atoms with Gasteiger partial charge in [-0.3, -0.25) is 4.79 Å². The SMILES string of the molecule is COc1ccc([S@@](=O)c2ccc(S(N)(=O)=O)s2)cc1NC(C)=O. The van der Waals surface area contributed by atoms with Gasteiger partial charge in [0, 0.05) is 11.8 Å². The molecule has 10 heteroatoms. The van der Waals surface area contributed by atoms with Crippen LogP contribution in [0.4, 0.5) is 5.69 Å². The van der Waals surface area contributed by atoms with Crippen molar-refractivity contribution in [3.63, 3.8) is 0 Å². The summed E-state index contributed by atoms with van der Waals surface area (Å²) in [4.78, 5) is 11.6. The Labute approximate surface area is 140 Å². The van der Waals surface area contributed by atoms with Gasteiger partial charge in [0.1, 0.15) is 9.96 Å². The third-order valence-corrected chi connectivity index (χ3v) is 6.92. The minimum absolute atomic E-state index is 0.0588. The summed E-state index contributed by atoms with van der Waals surface area (Å²) in [6.07, 6.45) is 0. The lowest BCUT2D eigenvalue weighted by Crippen LogP contribution is -2.09. The molecule has 0 aliphatic heterocycles. The Bertz CT molecular complexity index is 873. The zero-order valence-electron chi connectivity index (χ0n) is 12.2. The van der Waals surface area contributed by atoms with Gasteiger partial charge >= 0.3 is 0 Å². The molecular formula is C13H14N2O5S3. The number of hydrogen-bond donors (Lipinski definition) is 2. The summed E-state index contributed by atoms with van der Waals surface area (Å²) in [5.41, 5.74) is 0.383. The van der Waals surface area contributed by atoms with Gasteiger partial charge in [-0.15, -0.1) is 11.3 Å². The summed E-state index contributed by atoms with van der Waals surface area (Å²) < 4.78 is 40.5. The maximum atomic E-state index is 12.6. The van der Waals surface area contributed by atoms with Crippen molar-refractivity contribution >= 4 is 43.8 Å². The number of sulfonamides is 1. The fraction of sp³-hybridized carbons (Fsp3) is 0.154. The summed E-state index contributed by atoms with van der Waals surface area (Å²) in [7, 11) is -3.98. The molecule has 2 rings (SSSR count). The van der Waals surface area contributed by atoms with E-state index >= 15 is 0 Å². The zero-order chi connectivity index (χ0) is 17.2. The highest BCUT2D eigenvalue weighted by atomic mass is 32.3. The van der Waals surface area contributed by atoms with E-state index in [0.29, 0.717) is 20.5 Å². The van der Waals surface area contributed by atoms with E-state index in [9.17, 15) is 17.4 Å². The first-order valence-electron chi connectivity index (χ1n) is 6.22. The van der Waals surface area contributed by atoms with E-state index in [-0.39, 0.29) is 10.1 Å². The Morgan fingerprint density at radius 3 is 2.52 bits per heavy atom. The number of nitrogens with two attached hydrogens (primary N) is 1. The standard InChI is InChI=1S/C13H14N2O5S3/c1-8(16)15-10-7-9(3-4-11(10)20-2)22(17)12-5-6-13(21-12)23(14,18)19/h3-7H,1-2H3,(H,15,16)(H2,14,18,19)/t22-/m1/s1. The molecule has 3 N–H and O–H groups in total. The molecule has 0 radical (unpaired) electrons. The van der Waals surface area contributed by atoms with Gasteiger partial charge in [0.15, 0.2) is 0 Å². The van der Waals surface area contributed by atoms with Gasteiger partial charge < -0.3 is 10.1 Å². The van der Waals surface area contributed by atoms with Crippen LogP contribution in [0.2, 0.25) is 0 Å². The largest absolute Gasteiger partial charge is 0.495 e. The van der Waals surface area contributed by atoms with Gasteiger partial charge in [0.25, 0.3) is 0 Å². The minimum atomic E-state index is -3.83. The number of methoxy groups -OCH3 is 1. The summed E-state index contributed by atoms with van der Waals surface area (Å²) in [5, 5.41) is 7.64. The van der Waals surface area contributed by atoms with Gasteiger partial charge in [-0.1, -0.05) is 0 Å². The predicted molar refractivity (Wildman–Crippen MR) is 87.7 cm³/mol. The van der Waals surface area contributed by atoms with E-state index in [1.165, 1.54) is 32.2 Å². The van der Waals surface area contributed by atoms with Crippen LogP contribution in [0.15, 0.2) is 43.6 Å². The molecule has 7 nitrogen and oxygen atoms in total. The van der Waals surface area contributed by atoms with E-state index in [4.69, 9.17) is 9.88 Å². The molecule has 0 spiro atoms. The van der Waals surface area contributed by atoms with Crippen molar-refractivity contribution in [3.8, 4) is 5.75 Å². The van der Waals surface area contributed by atoms with E-state index in [0.717, 1.165) is 11.3 Å². The van der Waals surface area contributed by atoms with Crippen LogP contribution in [-0.4, -0.2) is 25.6 Å². The molecule has 0 unspecified atom stereocenters. The van der Waals surface area contributed by atoms with E-state index in [1.807, 2.05) is 0 Å². The van der Waals surface area contributed by atoms with Crippen LogP contribution in [0, 0.1) is 0 Å². The molecule has 0 saturated carbocycles. The van der Waals surface area contributed by atoms with Crippen molar-refractivity contribution in [1.82, 2.24) is 0 Å². The van der Waals surface area contributed by atoms with Crippen LogP contribution in [0.1, 0.15) is 6.92 Å².